The highest BCUT2D eigenvalue weighted by molar-refractivity contribution is 5.93. The van der Waals surface area contributed by atoms with Crippen molar-refractivity contribution in [3.63, 3.8) is 0 Å². The largest absolute Gasteiger partial charge is 0.468 e. The summed E-state index contributed by atoms with van der Waals surface area (Å²) in [5.41, 5.74) is 7.84. The molecule has 0 aliphatic rings. The molecule has 2 aromatic rings. The summed E-state index contributed by atoms with van der Waals surface area (Å²) in [7, 11) is 1.18. The van der Waals surface area contributed by atoms with E-state index in [1.807, 2.05) is 24.3 Å². The second-order valence-corrected chi connectivity index (χ2v) is 9.90. The number of nitrogens with zero attached hydrogens (tertiary/aromatic N) is 2. The molecule has 16 heteroatoms. The van der Waals surface area contributed by atoms with Gasteiger partial charge in [-0.3, -0.25) is 14.4 Å². The number of methoxy groups -OCH3 is 1. The van der Waals surface area contributed by atoms with E-state index in [4.69, 9.17) is 10.5 Å². The second kappa shape index (κ2) is 15.0. The Labute approximate surface area is 235 Å². The molecule has 0 unspecified atom stereocenters. The van der Waals surface area contributed by atoms with Gasteiger partial charge in [0.15, 0.2) is 5.03 Å². The van der Waals surface area contributed by atoms with Gasteiger partial charge < -0.3 is 36.1 Å². The van der Waals surface area contributed by atoms with E-state index >= 15 is 0 Å². The van der Waals surface area contributed by atoms with E-state index in [1.54, 1.807) is 32.4 Å². The highest BCUT2D eigenvalue weighted by Gasteiger charge is 2.29. The van der Waals surface area contributed by atoms with E-state index < -0.39 is 59.1 Å². The van der Waals surface area contributed by atoms with Gasteiger partial charge in [-0.15, -0.1) is 0 Å². The number of H-pyrrole nitrogens is 1. The van der Waals surface area contributed by atoms with Crippen LogP contribution in [0.1, 0.15) is 39.2 Å². The summed E-state index contributed by atoms with van der Waals surface area (Å²) in [6.07, 6.45) is 1.14. The quantitative estimate of drug-likeness (QED) is 0.0475. The molecule has 2 rings (SSSR count). The number of hydrogen-bond donors (Lipinski definition) is 6. The van der Waals surface area contributed by atoms with Gasteiger partial charge in [0.25, 0.3) is 5.96 Å². The predicted octanol–water partition coefficient (Wildman–Crippen LogP) is 0.254. The zero-order valence-corrected chi connectivity index (χ0v) is 23.3. The fourth-order valence-electron chi connectivity index (χ4n) is 3.70. The van der Waals surface area contributed by atoms with Gasteiger partial charge in [0.1, 0.15) is 24.2 Å². The van der Waals surface area contributed by atoms with E-state index in [1.165, 1.54) is 7.11 Å². The number of nitro groups is 1. The fourth-order valence-corrected chi connectivity index (χ4v) is 3.70. The fraction of sp³-hybridized carbons (Fsp3) is 0.480. The molecule has 0 spiro atoms. The highest BCUT2D eigenvalue weighted by Crippen LogP contribution is 2.19. The molecule has 2 atom stereocenters. The van der Waals surface area contributed by atoms with E-state index in [-0.39, 0.29) is 25.8 Å². The van der Waals surface area contributed by atoms with Gasteiger partial charge in [0, 0.05) is 30.1 Å². The summed E-state index contributed by atoms with van der Waals surface area (Å²) < 4.78 is 9.84. The third-order valence-corrected chi connectivity index (χ3v) is 5.51. The predicted molar refractivity (Wildman–Crippen MR) is 148 cm³/mol. The van der Waals surface area contributed by atoms with E-state index in [9.17, 15) is 29.3 Å². The molecular formula is C25H36N8O8. The van der Waals surface area contributed by atoms with Gasteiger partial charge in [-0.25, -0.2) is 19.9 Å². The van der Waals surface area contributed by atoms with Crippen molar-refractivity contribution in [2.75, 3.05) is 20.2 Å². The van der Waals surface area contributed by atoms with E-state index in [2.05, 4.69) is 30.7 Å². The molecule has 0 aliphatic heterocycles. The number of alkyl carbamates (subject to hydrolysis) is 1. The number of para-hydroxylation sites is 1. The first-order valence-corrected chi connectivity index (χ1v) is 12.7. The summed E-state index contributed by atoms with van der Waals surface area (Å²) in [5.74, 6) is -2.44. The summed E-state index contributed by atoms with van der Waals surface area (Å²) in [5, 5.41) is 18.1. The molecule has 0 saturated carbocycles. The van der Waals surface area contributed by atoms with Crippen molar-refractivity contribution < 1.29 is 33.7 Å². The SMILES string of the molecule is COC(=O)CNC(=O)[C@H](Cc1c[nH]c2ccccc12)NC(=O)[C@H](CCCN=C(N)N[N+](=O)[O-])NC(=O)OC(C)(C)C. The van der Waals surface area contributed by atoms with E-state index in [0.29, 0.717) is 0 Å². The number of hydrazine groups is 1. The summed E-state index contributed by atoms with van der Waals surface area (Å²) >= 11 is 0. The first-order chi connectivity index (χ1) is 19.3. The molecule has 16 nitrogen and oxygen atoms in total. The lowest BCUT2D eigenvalue weighted by Gasteiger charge is -2.25. The van der Waals surface area contributed by atoms with Crippen LogP contribution in [0.3, 0.4) is 0 Å². The van der Waals surface area contributed by atoms with Gasteiger partial charge in [-0.05, 0) is 45.2 Å². The molecule has 0 aliphatic carbocycles. The number of guanidine groups is 1. The average molecular weight is 577 g/mol. The van der Waals surface area contributed by atoms with Crippen LogP contribution in [0.15, 0.2) is 35.5 Å². The van der Waals surface area contributed by atoms with Crippen molar-refractivity contribution in [3.05, 3.63) is 46.1 Å². The number of aromatic nitrogens is 1. The van der Waals surface area contributed by atoms with Crippen LogP contribution >= 0.6 is 0 Å². The topological polar surface area (TPSA) is 232 Å². The lowest BCUT2D eigenvalue weighted by atomic mass is 10.0. The smallest absolute Gasteiger partial charge is 0.408 e. The normalized spacial score (nSPS) is 13.0. The number of fused-ring (bicyclic) bond motifs is 1. The Morgan fingerprint density at radius 1 is 1.12 bits per heavy atom. The Bertz CT molecular complexity index is 1270. The van der Waals surface area contributed by atoms with Gasteiger partial charge in [0.05, 0.1) is 7.11 Å². The number of carbonyl (C=O) groups is 4. The minimum Gasteiger partial charge on any atom is -0.468 e. The molecule has 41 heavy (non-hydrogen) atoms. The van der Waals surface area contributed by atoms with Crippen molar-refractivity contribution in [2.45, 2.75) is 57.7 Å². The molecule has 7 N–H and O–H groups in total. The molecular weight excluding hydrogens is 540 g/mol. The van der Waals surface area contributed by atoms with Crippen LogP contribution in [-0.4, -0.2) is 77.7 Å². The van der Waals surface area contributed by atoms with Crippen molar-refractivity contribution >= 4 is 40.7 Å². The number of ether oxygens (including phenoxy) is 2. The first-order valence-electron chi connectivity index (χ1n) is 12.7. The van der Waals surface area contributed by atoms with Gasteiger partial charge >= 0.3 is 12.1 Å². The number of benzene rings is 1. The third kappa shape index (κ3) is 11.4. The number of aromatic amines is 1. The molecule has 0 saturated heterocycles. The number of esters is 1. The van der Waals surface area contributed by atoms with Crippen LogP contribution < -0.4 is 27.1 Å². The first kappa shape index (κ1) is 32.3. The molecule has 0 fully saturated rings. The Balaban J connectivity index is 2.23. The lowest BCUT2D eigenvalue weighted by Crippen LogP contribution is -2.55. The Morgan fingerprint density at radius 3 is 2.49 bits per heavy atom. The van der Waals surface area contributed by atoms with Crippen LogP contribution in [0.5, 0.6) is 0 Å². The zero-order chi connectivity index (χ0) is 30.6. The van der Waals surface area contributed by atoms with Crippen LogP contribution in [0.25, 0.3) is 10.9 Å². The lowest BCUT2D eigenvalue weighted by molar-refractivity contribution is -0.525. The molecule has 3 amide bonds. The molecule has 1 heterocycles. The minimum atomic E-state index is -1.16. The maximum Gasteiger partial charge on any atom is 0.408 e. The summed E-state index contributed by atoms with van der Waals surface area (Å²) in [6, 6.07) is 5.11. The number of rotatable bonds is 13. The van der Waals surface area contributed by atoms with Gasteiger partial charge in [-0.1, -0.05) is 23.6 Å². The summed E-state index contributed by atoms with van der Waals surface area (Å²) in [4.78, 5) is 67.9. The van der Waals surface area contributed by atoms with Crippen molar-refractivity contribution in [1.82, 2.24) is 26.4 Å². The Kier molecular flexibility index (Phi) is 11.9. The number of amides is 3. The average Bonchev–Trinajstić information content (AvgIpc) is 3.29. The van der Waals surface area contributed by atoms with Crippen molar-refractivity contribution in [1.29, 1.82) is 0 Å². The van der Waals surface area contributed by atoms with E-state index in [0.717, 1.165) is 16.5 Å². The monoisotopic (exact) mass is 576 g/mol. The third-order valence-electron chi connectivity index (χ3n) is 5.51. The number of carbonyl (C=O) groups excluding carboxylic acids is 4. The molecule has 224 valence electrons. The number of hydrogen-bond acceptors (Lipinski definition) is 9. The van der Waals surface area contributed by atoms with Crippen LogP contribution in [0.4, 0.5) is 4.79 Å². The molecule has 1 aromatic heterocycles. The molecule has 0 bridgehead atoms. The van der Waals surface area contributed by atoms with Crippen LogP contribution in [-0.2, 0) is 30.3 Å². The Morgan fingerprint density at radius 2 is 1.83 bits per heavy atom. The zero-order valence-electron chi connectivity index (χ0n) is 23.3. The Hall–Kier alpha value is -4.89. The maximum atomic E-state index is 13.4. The maximum absolute atomic E-state index is 13.4. The van der Waals surface area contributed by atoms with Crippen molar-refractivity contribution in [3.8, 4) is 0 Å². The standard InChI is InChI=1S/C25H36N8O8/c1-25(2,3)41-24(37)31-18(10-7-11-27-23(26)32-33(38)39)22(36)30-19(21(35)29-14-20(34)40-4)12-15-13-28-17-9-6-5-8-16(15)17/h5-6,8-9,13,18-19,28H,7,10-12,14H2,1-4H3,(H,29,35)(H,30,36)(H,31,37)(H3,26,27,32)/t18-,19-/m0/s1. The number of nitrogens with one attached hydrogen (secondary N) is 5. The molecule has 1 aromatic carbocycles. The highest BCUT2D eigenvalue weighted by atomic mass is 16.7. The second-order valence-electron chi connectivity index (χ2n) is 9.90. The van der Waals surface area contributed by atoms with Crippen LogP contribution in [0, 0.1) is 10.1 Å². The van der Waals surface area contributed by atoms with Gasteiger partial charge in [-0.2, -0.15) is 0 Å². The number of nitrogens with two attached hydrogens (primary N) is 1. The van der Waals surface area contributed by atoms with Crippen molar-refractivity contribution in [2.24, 2.45) is 10.7 Å². The van der Waals surface area contributed by atoms with Gasteiger partial charge in [0.2, 0.25) is 11.8 Å². The minimum absolute atomic E-state index is 0.00480. The number of aliphatic imine (C=N–C) groups is 1. The summed E-state index contributed by atoms with van der Waals surface area (Å²) in [6.45, 7) is 4.57. The van der Waals surface area contributed by atoms with Crippen LogP contribution in [0.2, 0.25) is 0 Å². The molecule has 0 radical (unpaired) electrons.